The van der Waals surface area contributed by atoms with Gasteiger partial charge in [-0.15, -0.1) is 11.6 Å². The van der Waals surface area contributed by atoms with Gasteiger partial charge in [-0.2, -0.15) is 0 Å². The summed E-state index contributed by atoms with van der Waals surface area (Å²) in [7, 11) is 0. The van der Waals surface area contributed by atoms with E-state index in [1.807, 2.05) is 53.4 Å². The molecule has 0 spiro atoms. The van der Waals surface area contributed by atoms with E-state index in [2.05, 4.69) is 57.2 Å². The van der Waals surface area contributed by atoms with Crippen LogP contribution in [-0.2, 0) is 10.2 Å². The van der Waals surface area contributed by atoms with E-state index >= 15 is 0 Å². The monoisotopic (exact) mass is 403 g/mol. The fourth-order valence-corrected chi connectivity index (χ4v) is 5.10. The van der Waals surface area contributed by atoms with Crippen molar-refractivity contribution in [2.75, 3.05) is 4.90 Å². The van der Waals surface area contributed by atoms with Crippen molar-refractivity contribution in [1.29, 1.82) is 0 Å². The number of para-hydroxylation sites is 1. The third-order valence-electron chi connectivity index (χ3n) is 6.07. The van der Waals surface area contributed by atoms with Crippen molar-refractivity contribution in [2.45, 2.75) is 43.5 Å². The third kappa shape index (κ3) is 3.36. The van der Waals surface area contributed by atoms with Gasteiger partial charge in [-0.3, -0.25) is 4.79 Å². The zero-order valence-corrected chi connectivity index (χ0v) is 17.9. The second-order valence-corrected chi connectivity index (χ2v) is 9.09. The molecule has 4 rings (SSSR count). The Kier molecular flexibility index (Phi) is 5.00. The van der Waals surface area contributed by atoms with Gasteiger partial charge in [0.05, 0.1) is 0 Å². The smallest absolute Gasteiger partial charge is 0.250 e. The number of halogens is 1. The van der Waals surface area contributed by atoms with Gasteiger partial charge in [0, 0.05) is 16.6 Å². The van der Waals surface area contributed by atoms with E-state index in [-0.39, 0.29) is 11.3 Å². The maximum absolute atomic E-state index is 13.6. The number of amides is 1. The lowest BCUT2D eigenvalue weighted by Crippen LogP contribution is -2.56. The van der Waals surface area contributed by atoms with Crippen molar-refractivity contribution in [1.82, 2.24) is 0 Å². The molecule has 3 aromatic carbocycles. The first-order valence-electron chi connectivity index (χ1n) is 10.0. The lowest BCUT2D eigenvalue weighted by Gasteiger charge is -2.51. The van der Waals surface area contributed by atoms with E-state index in [4.69, 9.17) is 11.6 Å². The molecule has 0 N–H and O–H groups in total. The number of hydrogen-bond donors (Lipinski definition) is 0. The summed E-state index contributed by atoms with van der Waals surface area (Å²) in [4.78, 5) is 15.5. The van der Waals surface area contributed by atoms with Crippen LogP contribution in [0.5, 0.6) is 0 Å². The Labute approximate surface area is 178 Å². The van der Waals surface area contributed by atoms with Crippen molar-refractivity contribution < 1.29 is 4.79 Å². The van der Waals surface area contributed by atoms with Gasteiger partial charge in [0.1, 0.15) is 5.38 Å². The number of rotatable bonds is 3. The van der Waals surface area contributed by atoms with Crippen LogP contribution in [0.3, 0.4) is 0 Å². The summed E-state index contributed by atoms with van der Waals surface area (Å²) < 4.78 is 0. The molecule has 0 bridgehead atoms. The van der Waals surface area contributed by atoms with Crippen molar-refractivity contribution in [3.8, 4) is 0 Å². The minimum atomic E-state index is -0.718. The zero-order chi connectivity index (χ0) is 20.6. The molecule has 0 saturated heterocycles. The lowest BCUT2D eigenvalue weighted by atomic mass is 9.65. The highest BCUT2D eigenvalue weighted by Gasteiger charge is 2.48. The zero-order valence-electron chi connectivity index (χ0n) is 17.1. The van der Waals surface area contributed by atoms with E-state index in [1.54, 1.807) is 0 Å². The van der Waals surface area contributed by atoms with Crippen molar-refractivity contribution in [3.63, 3.8) is 0 Å². The van der Waals surface area contributed by atoms with E-state index < -0.39 is 10.9 Å². The van der Waals surface area contributed by atoms with Crippen LogP contribution in [0.4, 0.5) is 5.69 Å². The van der Waals surface area contributed by atoms with Crippen molar-refractivity contribution in [3.05, 3.63) is 102 Å². The predicted octanol–water partition coefficient (Wildman–Crippen LogP) is 6.49. The van der Waals surface area contributed by atoms with Crippen LogP contribution in [0.25, 0.3) is 0 Å². The van der Waals surface area contributed by atoms with E-state index in [9.17, 15) is 4.79 Å². The molecule has 1 amide bonds. The normalized spacial score (nSPS) is 21.3. The number of anilines is 1. The molecular weight excluding hydrogens is 378 g/mol. The summed E-state index contributed by atoms with van der Waals surface area (Å²) in [5.41, 5.74) is 3.62. The molecule has 3 heteroatoms. The van der Waals surface area contributed by atoms with Gasteiger partial charge in [0.2, 0.25) is 5.91 Å². The SMILES string of the molecule is CC1(C)C[C@](C)(c2ccccc2)c2ccccc2N1C(=O)[C@H](Cl)c1ccccc1. The molecule has 1 heterocycles. The van der Waals surface area contributed by atoms with E-state index in [0.717, 1.165) is 23.2 Å². The number of fused-ring (bicyclic) bond motifs is 1. The van der Waals surface area contributed by atoms with Gasteiger partial charge >= 0.3 is 0 Å². The molecule has 2 atom stereocenters. The maximum atomic E-state index is 13.6. The van der Waals surface area contributed by atoms with Crippen molar-refractivity contribution in [2.24, 2.45) is 0 Å². The average Bonchev–Trinajstić information content (AvgIpc) is 2.74. The quantitative estimate of drug-likeness (QED) is 0.458. The first-order valence-corrected chi connectivity index (χ1v) is 10.5. The second-order valence-electron chi connectivity index (χ2n) is 8.65. The Morgan fingerprint density at radius 3 is 2.07 bits per heavy atom. The molecule has 0 fully saturated rings. The van der Waals surface area contributed by atoms with E-state index in [1.165, 1.54) is 5.56 Å². The largest absolute Gasteiger partial charge is 0.305 e. The van der Waals surface area contributed by atoms with Crippen LogP contribution in [0.2, 0.25) is 0 Å². The predicted molar refractivity (Wildman–Crippen MR) is 121 cm³/mol. The Bertz CT molecular complexity index is 1020. The van der Waals surface area contributed by atoms with Gasteiger partial charge in [-0.25, -0.2) is 0 Å². The number of carbonyl (C=O) groups is 1. The summed E-state index contributed by atoms with van der Waals surface area (Å²) in [6.45, 7) is 6.55. The van der Waals surface area contributed by atoms with Gasteiger partial charge in [-0.05, 0) is 43.0 Å². The minimum absolute atomic E-state index is 0.0783. The number of carbonyl (C=O) groups excluding carboxylic acids is 1. The number of alkyl halides is 1. The number of nitrogens with zero attached hydrogens (tertiary/aromatic N) is 1. The molecule has 0 unspecified atom stereocenters. The van der Waals surface area contributed by atoms with E-state index in [0.29, 0.717) is 0 Å². The van der Waals surface area contributed by atoms with Crippen LogP contribution in [0.1, 0.15) is 49.3 Å². The Balaban J connectivity index is 1.83. The summed E-state index contributed by atoms with van der Waals surface area (Å²) in [5.74, 6) is -0.0783. The summed E-state index contributed by atoms with van der Waals surface area (Å²) in [5, 5.41) is -0.718. The Morgan fingerprint density at radius 2 is 1.41 bits per heavy atom. The van der Waals surface area contributed by atoms with Crippen LogP contribution >= 0.6 is 11.6 Å². The summed E-state index contributed by atoms with van der Waals surface area (Å²) in [6.07, 6.45) is 0.811. The van der Waals surface area contributed by atoms with Gasteiger partial charge in [0.15, 0.2) is 0 Å². The standard InChI is InChI=1S/C26H26ClNO/c1-25(2)18-26(3,20-14-8-5-9-15-20)21-16-10-11-17-22(21)28(25)24(29)23(27)19-12-6-4-7-13-19/h4-17,23H,18H2,1-3H3/t23-,26-/m1/s1. The highest BCUT2D eigenvalue weighted by molar-refractivity contribution is 6.33. The topological polar surface area (TPSA) is 20.3 Å². The molecule has 0 radical (unpaired) electrons. The number of benzene rings is 3. The van der Waals surface area contributed by atoms with Gasteiger partial charge in [0.25, 0.3) is 0 Å². The molecule has 1 aliphatic rings. The summed E-state index contributed by atoms with van der Waals surface area (Å²) >= 11 is 6.68. The Hall–Kier alpha value is -2.58. The van der Waals surface area contributed by atoms with Crippen molar-refractivity contribution >= 4 is 23.2 Å². The molecule has 2 nitrogen and oxygen atoms in total. The average molecular weight is 404 g/mol. The van der Waals surface area contributed by atoms with Crippen LogP contribution in [0.15, 0.2) is 84.9 Å². The fourth-order valence-electron chi connectivity index (χ4n) is 4.86. The fraction of sp³-hybridized carbons (Fsp3) is 0.269. The van der Waals surface area contributed by atoms with Crippen LogP contribution in [0, 0.1) is 0 Å². The van der Waals surface area contributed by atoms with Gasteiger partial charge < -0.3 is 4.90 Å². The molecule has 0 saturated carbocycles. The second kappa shape index (κ2) is 7.35. The molecule has 148 valence electrons. The van der Waals surface area contributed by atoms with Crippen LogP contribution in [-0.4, -0.2) is 11.4 Å². The first-order chi connectivity index (χ1) is 13.8. The van der Waals surface area contributed by atoms with Crippen LogP contribution < -0.4 is 4.90 Å². The molecular formula is C26H26ClNO. The molecule has 29 heavy (non-hydrogen) atoms. The minimum Gasteiger partial charge on any atom is -0.305 e. The summed E-state index contributed by atoms with van der Waals surface area (Å²) in [6, 6.07) is 28.4. The first kappa shape index (κ1) is 19.7. The number of hydrogen-bond acceptors (Lipinski definition) is 1. The molecule has 0 aromatic heterocycles. The third-order valence-corrected chi connectivity index (χ3v) is 6.51. The highest BCUT2D eigenvalue weighted by atomic mass is 35.5. The Morgan fingerprint density at radius 1 is 0.862 bits per heavy atom. The molecule has 1 aliphatic heterocycles. The van der Waals surface area contributed by atoms with Gasteiger partial charge in [-0.1, -0.05) is 85.8 Å². The molecule has 3 aromatic rings. The maximum Gasteiger partial charge on any atom is 0.250 e. The highest BCUT2D eigenvalue weighted by Crippen LogP contribution is 2.51. The molecule has 0 aliphatic carbocycles. The lowest BCUT2D eigenvalue weighted by molar-refractivity contribution is -0.119.